The Bertz CT molecular complexity index is 1510. The Balaban J connectivity index is 1.70. The molecule has 2 amide bonds. The Morgan fingerprint density at radius 3 is 2.33 bits per heavy atom. The molecule has 11 heteroatoms. The number of nitrogens with zero attached hydrogens (tertiary/aromatic N) is 2. The third kappa shape index (κ3) is 8.00. The summed E-state index contributed by atoms with van der Waals surface area (Å²) in [6.07, 6.45) is 5.02. The van der Waals surface area contributed by atoms with Gasteiger partial charge in [-0.3, -0.25) is 13.9 Å². The molecule has 9 nitrogen and oxygen atoms in total. The van der Waals surface area contributed by atoms with E-state index in [0.29, 0.717) is 11.5 Å². The zero-order valence-electron chi connectivity index (χ0n) is 24.7. The van der Waals surface area contributed by atoms with Crippen molar-refractivity contribution in [3.63, 3.8) is 0 Å². The fourth-order valence-corrected chi connectivity index (χ4v) is 6.86. The monoisotopic (exact) mass is 627 g/mol. The van der Waals surface area contributed by atoms with E-state index in [0.717, 1.165) is 42.0 Å². The van der Waals surface area contributed by atoms with Gasteiger partial charge in [0.15, 0.2) is 0 Å². The number of methoxy groups -OCH3 is 2. The lowest BCUT2D eigenvalue weighted by atomic mass is 9.95. The number of halogens is 1. The molecule has 0 bridgehead atoms. The maximum atomic E-state index is 14.2. The van der Waals surface area contributed by atoms with Crippen molar-refractivity contribution in [2.45, 2.75) is 62.6 Å². The minimum absolute atomic E-state index is 0.0113. The van der Waals surface area contributed by atoms with Crippen LogP contribution in [0.4, 0.5) is 5.69 Å². The summed E-state index contributed by atoms with van der Waals surface area (Å²) in [5.74, 6) is 0.125. The van der Waals surface area contributed by atoms with E-state index in [1.54, 1.807) is 56.5 Å². The molecule has 0 radical (unpaired) electrons. The highest BCUT2D eigenvalue weighted by atomic mass is 35.5. The van der Waals surface area contributed by atoms with Crippen molar-refractivity contribution in [2.24, 2.45) is 0 Å². The molecule has 1 saturated carbocycles. The molecular formula is C32H38ClN3O6S. The van der Waals surface area contributed by atoms with Gasteiger partial charge in [-0.25, -0.2) is 8.42 Å². The molecule has 0 aliphatic heterocycles. The fraction of sp³-hybridized carbons (Fsp3) is 0.375. The van der Waals surface area contributed by atoms with Gasteiger partial charge >= 0.3 is 0 Å². The number of nitrogens with one attached hydrogen (secondary N) is 1. The lowest BCUT2D eigenvalue weighted by molar-refractivity contribution is -0.139. The molecule has 1 atom stereocenters. The predicted octanol–water partition coefficient (Wildman–Crippen LogP) is 5.42. The van der Waals surface area contributed by atoms with Crippen LogP contribution in [0.1, 0.15) is 44.6 Å². The van der Waals surface area contributed by atoms with Gasteiger partial charge in [-0.2, -0.15) is 0 Å². The molecule has 4 rings (SSSR count). The van der Waals surface area contributed by atoms with Gasteiger partial charge in [-0.1, -0.05) is 61.2 Å². The van der Waals surface area contributed by atoms with Crippen molar-refractivity contribution in [3.05, 3.63) is 83.4 Å². The lowest BCUT2D eigenvalue weighted by Crippen LogP contribution is -2.53. The number of carbonyl (C=O) groups is 2. The van der Waals surface area contributed by atoms with Gasteiger partial charge < -0.3 is 19.7 Å². The van der Waals surface area contributed by atoms with Gasteiger partial charge in [0.05, 0.1) is 29.8 Å². The molecule has 1 fully saturated rings. The predicted molar refractivity (Wildman–Crippen MR) is 167 cm³/mol. The van der Waals surface area contributed by atoms with E-state index in [-0.39, 0.29) is 34.1 Å². The first-order valence-electron chi connectivity index (χ1n) is 14.3. The summed E-state index contributed by atoms with van der Waals surface area (Å²) < 4.78 is 39.5. The molecule has 43 heavy (non-hydrogen) atoms. The van der Waals surface area contributed by atoms with Crippen LogP contribution in [0.15, 0.2) is 77.7 Å². The smallest absolute Gasteiger partial charge is 0.264 e. The van der Waals surface area contributed by atoms with Crippen LogP contribution < -0.4 is 19.1 Å². The zero-order chi connectivity index (χ0) is 31.0. The summed E-state index contributed by atoms with van der Waals surface area (Å²) in [7, 11) is -1.20. The Hall–Kier alpha value is -3.76. The van der Waals surface area contributed by atoms with Crippen molar-refractivity contribution >= 4 is 39.1 Å². The number of hydrogen-bond acceptors (Lipinski definition) is 6. The number of carbonyl (C=O) groups excluding carboxylic acids is 2. The van der Waals surface area contributed by atoms with E-state index in [9.17, 15) is 18.0 Å². The second-order valence-corrected chi connectivity index (χ2v) is 12.8. The number of amides is 2. The number of hydrogen-bond donors (Lipinski definition) is 1. The molecule has 0 aromatic heterocycles. The number of anilines is 1. The molecule has 3 aromatic rings. The van der Waals surface area contributed by atoms with Gasteiger partial charge in [0.25, 0.3) is 10.0 Å². The van der Waals surface area contributed by atoms with Crippen LogP contribution in [0.5, 0.6) is 11.5 Å². The van der Waals surface area contributed by atoms with Crippen molar-refractivity contribution in [3.8, 4) is 11.5 Å². The SMILES string of the molecule is COc1cccc(CN(C(=O)CN(c2ccc(OC)c(Cl)c2)S(=O)(=O)c2ccccc2)[C@@H](C)C(=O)NC2CCCCC2)c1. The van der Waals surface area contributed by atoms with Gasteiger partial charge in [0.2, 0.25) is 11.8 Å². The standard InChI is InChI=1S/C32H38ClN3O6S/c1-23(32(38)34-25-12-6-4-7-13-25)35(21-24-11-10-14-27(19-24)41-2)31(37)22-36(26-17-18-30(42-3)29(33)20-26)43(39,40)28-15-8-5-9-16-28/h5,8-11,14-20,23,25H,4,6-7,12-13,21-22H2,1-3H3,(H,34,38)/t23-/m0/s1. The molecule has 230 valence electrons. The highest BCUT2D eigenvalue weighted by Gasteiger charge is 2.33. The summed E-state index contributed by atoms with van der Waals surface area (Å²) in [5, 5.41) is 3.29. The van der Waals surface area contributed by atoms with Gasteiger partial charge in [0.1, 0.15) is 24.1 Å². The van der Waals surface area contributed by atoms with E-state index < -0.39 is 28.5 Å². The average Bonchev–Trinajstić information content (AvgIpc) is 3.02. The largest absolute Gasteiger partial charge is 0.497 e. The van der Waals surface area contributed by atoms with Crippen LogP contribution in [0.2, 0.25) is 5.02 Å². The third-order valence-electron chi connectivity index (χ3n) is 7.64. The highest BCUT2D eigenvalue weighted by molar-refractivity contribution is 7.92. The minimum Gasteiger partial charge on any atom is -0.497 e. The minimum atomic E-state index is -4.21. The van der Waals surface area contributed by atoms with E-state index in [4.69, 9.17) is 21.1 Å². The second-order valence-electron chi connectivity index (χ2n) is 10.5. The summed E-state index contributed by atoms with van der Waals surface area (Å²) in [4.78, 5) is 29.0. The molecule has 1 aliphatic carbocycles. The number of rotatable bonds is 12. The summed E-state index contributed by atoms with van der Waals surface area (Å²) >= 11 is 6.38. The van der Waals surface area contributed by atoms with E-state index in [1.807, 2.05) is 6.07 Å². The third-order valence-corrected chi connectivity index (χ3v) is 9.72. The van der Waals surface area contributed by atoms with Crippen molar-refractivity contribution in [1.29, 1.82) is 0 Å². The topological polar surface area (TPSA) is 105 Å². The summed E-state index contributed by atoms with van der Waals surface area (Å²) in [6, 6.07) is 18.8. The second kappa shape index (κ2) is 14.6. The first-order chi connectivity index (χ1) is 20.6. The fourth-order valence-electron chi connectivity index (χ4n) is 5.18. The number of benzene rings is 3. The van der Waals surface area contributed by atoms with Crippen LogP contribution in [0.3, 0.4) is 0 Å². The quantitative estimate of drug-likeness (QED) is 0.288. The molecular weight excluding hydrogens is 590 g/mol. The van der Waals surface area contributed by atoms with Crippen molar-refractivity contribution in [2.75, 3.05) is 25.1 Å². The lowest BCUT2D eigenvalue weighted by Gasteiger charge is -2.33. The molecule has 0 saturated heterocycles. The van der Waals surface area contributed by atoms with Gasteiger partial charge in [0, 0.05) is 12.6 Å². The molecule has 1 aliphatic rings. The van der Waals surface area contributed by atoms with E-state index in [2.05, 4.69) is 5.32 Å². The van der Waals surface area contributed by atoms with Crippen LogP contribution in [0, 0.1) is 0 Å². The van der Waals surface area contributed by atoms with Crippen LogP contribution in [-0.2, 0) is 26.2 Å². The van der Waals surface area contributed by atoms with Crippen molar-refractivity contribution < 1.29 is 27.5 Å². The summed E-state index contributed by atoms with van der Waals surface area (Å²) in [6.45, 7) is 1.17. The van der Waals surface area contributed by atoms with E-state index in [1.165, 1.54) is 36.3 Å². The van der Waals surface area contributed by atoms with Gasteiger partial charge in [-0.05, 0) is 67.8 Å². The maximum absolute atomic E-state index is 14.2. The Morgan fingerprint density at radius 2 is 1.67 bits per heavy atom. The number of ether oxygens (including phenoxy) is 2. The Kier molecular flexibility index (Phi) is 10.9. The van der Waals surface area contributed by atoms with E-state index >= 15 is 0 Å². The zero-order valence-corrected chi connectivity index (χ0v) is 26.2. The molecule has 1 N–H and O–H groups in total. The van der Waals surface area contributed by atoms with Crippen molar-refractivity contribution in [1.82, 2.24) is 10.2 Å². The Labute approximate surface area is 258 Å². The van der Waals surface area contributed by atoms with Crippen LogP contribution >= 0.6 is 11.6 Å². The highest BCUT2D eigenvalue weighted by Crippen LogP contribution is 2.32. The molecule has 0 spiro atoms. The summed E-state index contributed by atoms with van der Waals surface area (Å²) in [5.41, 5.74) is 0.915. The first-order valence-corrected chi connectivity index (χ1v) is 16.1. The molecule has 0 heterocycles. The maximum Gasteiger partial charge on any atom is 0.264 e. The van der Waals surface area contributed by atoms with Gasteiger partial charge in [-0.15, -0.1) is 0 Å². The number of sulfonamides is 1. The Morgan fingerprint density at radius 1 is 0.953 bits per heavy atom. The first kappa shape index (κ1) is 32.2. The average molecular weight is 628 g/mol. The van der Waals surface area contributed by atoms with Crippen LogP contribution in [0.25, 0.3) is 0 Å². The normalized spacial score (nSPS) is 14.4. The molecule has 3 aromatic carbocycles. The van der Waals surface area contributed by atoms with Crippen LogP contribution in [-0.4, -0.2) is 58.0 Å². The molecule has 0 unspecified atom stereocenters.